The molecule has 0 aliphatic heterocycles. The number of hydrogen-bond acceptors (Lipinski definition) is 5. The molecule has 1 N–H and O–H groups in total. The fourth-order valence-corrected chi connectivity index (χ4v) is 3.55. The summed E-state index contributed by atoms with van der Waals surface area (Å²) in [5.74, 6) is 0.918. The van der Waals surface area contributed by atoms with Crippen LogP contribution in [0.3, 0.4) is 0 Å². The van der Waals surface area contributed by atoms with Gasteiger partial charge in [-0.3, -0.25) is 9.59 Å². The molecule has 0 saturated carbocycles. The van der Waals surface area contributed by atoms with Crippen LogP contribution in [0.15, 0.2) is 77.3 Å². The minimum absolute atomic E-state index is 0.0718. The van der Waals surface area contributed by atoms with Gasteiger partial charge in [0.25, 0.3) is 5.91 Å². The van der Waals surface area contributed by atoms with Gasteiger partial charge in [0.1, 0.15) is 17.1 Å². The Morgan fingerprint density at radius 3 is 2.39 bits per heavy atom. The summed E-state index contributed by atoms with van der Waals surface area (Å²) in [5.41, 5.74) is 2.54. The second-order valence-corrected chi connectivity index (χ2v) is 7.77. The van der Waals surface area contributed by atoms with E-state index >= 15 is 0 Å². The molecule has 0 aliphatic carbocycles. The average molecular weight is 461 g/mol. The SMILES string of the molecule is CCc1noc(C)c1C(=O)Nc1cc(Cl)ccc1Oc1ccc(C(=O)c2ccccc2)cc1. The molecule has 0 atom stereocenters. The molecule has 0 fully saturated rings. The highest BCUT2D eigenvalue weighted by atomic mass is 35.5. The molecule has 7 heteroatoms. The van der Waals surface area contributed by atoms with Crippen molar-refractivity contribution in [2.75, 3.05) is 5.32 Å². The topological polar surface area (TPSA) is 81.4 Å². The average Bonchev–Trinajstić information content (AvgIpc) is 3.22. The van der Waals surface area contributed by atoms with Gasteiger partial charge in [-0.05, 0) is 55.8 Å². The van der Waals surface area contributed by atoms with E-state index in [9.17, 15) is 9.59 Å². The maximum absolute atomic E-state index is 12.9. The zero-order valence-electron chi connectivity index (χ0n) is 18.1. The van der Waals surface area contributed by atoms with E-state index in [2.05, 4.69) is 10.5 Å². The third kappa shape index (κ3) is 4.96. The predicted octanol–water partition coefficient (Wildman–Crippen LogP) is 6.47. The van der Waals surface area contributed by atoms with Gasteiger partial charge in [-0.15, -0.1) is 0 Å². The van der Waals surface area contributed by atoms with Crippen molar-refractivity contribution in [1.82, 2.24) is 5.16 Å². The van der Waals surface area contributed by atoms with Gasteiger partial charge in [0.15, 0.2) is 11.5 Å². The van der Waals surface area contributed by atoms with Crippen LogP contribution in [-0.2, 0) is 6.42 Å². The zero-order valence-corrected chi connectivity index (χ0v) is 18.8. The molecular weight excluding hydrogens is 440 g/mol. The van der Waals surface area contributed by atoms with E-state index in [0.29, 0.717) is 56.8 Å². The zero-order chi connectivity index (χ0) is 23.4. The van der Waals surface area contributed by atoms with Crippen LogP contribution in [0.4, 0.5) is 5.69 Å². The van der Waals surface area contributed by atoms with E-state index in [1.54, 1.807) is 61.5 Å². The second-order valence-electron chi connectivity index (χ2n) is 7.33. The lowest BCUT2D eigenvalue weighted by atomic mass is 10.0. The molecule has 4 aromatic rings. The van der Waals surface area contributed by atoms with Gasteiger partial charge < -0.3 is 14.6 Å². The molecule has 1 amide bonds. The third-order valence-corrected chi connectivity index (χ3v) is 5.30. The van der Waals surface area contributed by atoms with E-state index in [4.69, 9.17) is 20.9 Å². The molecule has 1 heterocycles. The smallest absolute Gasteiger partial charge is 0.261 e. The molecule has 33 heavy (non-hydrogen) atoms. The highest BCUT2D eigenvalue weighted by molar-refractivity contribution is 6.31. The number of aromatic nitrogens is 1. The number of ether oxygens (including phenoxy) is 1. The van der Waals surface area contributed by atoms with Gasteiger partial charge in [-0.25, -0.2) is 0 Å². The maximum Gasteiger partial charge on any atom is 0.261 e. The van der Waals surface area contributed by atoms with Crippen molar-refractivity contribution in [2.24, 2.45) is 0 Å². The lowest BCUT2D eigenvalue weighted by Crippen LogP contribution is -2.15. The minimum Gasteiger partial charge on any atom is -0.455 e. The lowest BCUT2D eigenvalue weighted by molar-refractivity contribution is 0.102. The van der Waals surface area contributed by atoms with Gasteiger partial charge in [-0.1, -0.05) is 54.0 Å². The molecule has 0 aliphatic rings. The standard InChI is InChI=1S/C26H21ClN2O4/c1-3-21-24(16(2)33-29-21)26(31)28-22-15-19(27)11-14-23(22)32-20-12-9-18(10-13-20)25(30)17-7-5-4-6-8-17/h4-15H,3H2,1-2H3,(H,28,31). The predicted molar refractivity (Wildman–Crippen MR) is 126 cm³/mol. The molecule has 0 spiro atoms. The van der Waals surface area contributed by atoms with Crippen molar-refractivity contribution < 1.29 is 18.8 Å². The molecule has 3 aromatic carbocycles. The lowest BCUT2D eigenvalue weighted by Gasteiger charge is -2.13. The Kier molecular flexibility index (Phi) is 6.56. The number of aryl methyl sites for hydroxylation is 2. The van der Waals surface area contributed by atoms with Crippen LogP contribution in [0.1, 0.15) is 44.7 Å². The number of hydrogen-bond donors (Lipinski definition) is 1. The summed E-state index contributed by atoms with van der Waals surface area (Å²) in [6, 6.07) is 20.8. The van der Waals surface area contributed by atoms with Crippen molar-refractivity contribution >= 4 is 29.0 Å². The van der Waals surface area contributed by atoms with Crippen LogP contribution in [0.2, 0.25) is 5.02 Å². The number of carbonyl (C=O) groups excluding carboxylic acids is 2. The molecule has 6 nitrogen and oxygen atoms in total. The summed E-state index contributed by atoms with van der Waals surface area (Å²) in [4.78, 5) is 25.5. The first-order chi connectivity index (χ1) is 16.0. The maximum atomic E-state index is 12.9. The first-order valence-corrected chi connectivity index (χ1v) is 10.8. The highest BCUT2D eigenvalue weighted by Gasteiger charge is 2.21. The summed E-state index contributed by atoms with van der Waals surface area (Å²) in [7, 11) is 0. The molecular formula is C26H21ClN2O4. The molecule has 4 rings (SSSR count). The van der Waals surface area contributed by atoms with Gasteiger partial charge in [0.05, 0.1) is 11.4 Å². The van der Waals surface area contributed by atoms with E-state index in [1.165, 1.54) is 0 Å². The summed E-state index contributed by atoms with van der Waals surface area (Å²) in [6.07, 6.45) is 0.563. The van der Waals surface area contributed by atoms with Crippen LogP contribution in [0.5, 0.6) is 11.5 Å². The van der Waals surface area contributed by atoms with Gasteiger partial charge in [0.2, 0.25) is 0 Å². The number of ketones is 1. The van der Waals surface area contributed by atoms with E-state index in [1.807, 2.05) is 25.1 Å². The Morgan fingerprint density at radius 1 is 1.00 bits per heavy atom. The molecule has 0 radical (unpaired) electrons. The Morgan fingerprint density at radius 2 is 1.70 bits per heavy atom. The number of nitrogens with one attached hydrogen (secondary N) is 1. The van der Waals surface area contributed by atoms with Crippen LogP contribution >= 0.6 is 11.6 Å². The summed E-state index contributed by atoms with van der Waals surface area (Å²) < 4.78 is 11.1. The molecule has 1 aromatic heterocycles. The molecule has 0 saturated heterocycles. The van der Waals surface area contributed by atoms with Crippen molar-refractivity contribution in [3.63, 3.8) is 0 Å². The second kappa shape index (κ2) is 9.71. The van der Waals surface area contributed by atoms with E-state index in [-0.39, 0.29) is 11.7 Å². The molecule has 0 bridgehead atoms. The fourth-order valence-electron chi connectivity index (χ4n) is 3.38. The normalized spacial score (nSPS) is 10.6. The van der Waals surface area contributed by atoms with Crippen LogP contribution < -0.4 is 10.1 Å². The van der Waals surface area contributed by atoms with Crippen molar-refractivity contribution in [1.29, 1.82) is 0 Å². The van der Waals surface area contributed by atoms with Gasteiger partial charge in [-0.2, -0.15) is 0 Å². The largest absolute Gasteiger partial charge is 0.455 e. The van der Waals surface area contributed by atoms with Crippen molar-refractivity contribution in [3.05, 3.63) is 106 Å². The number of rotatable bonds is 7. The first kappa shape index (κ1) is 22.3. The highest BCUT2D eigenvalue weighted by Crippen LogP contribution is 2.33. The quantitative estimate of drug-likeness (QED) is 0.319. The number of halogens is 1. The summed E-state index contributed by atoms with van der Waals surface area (Å²) in [6.45, 7) is 3.59. The minimum atomic E-state index is -0.360. The number of nitrogens with zero attached hydrogens (tertiary/aromatic N) is 1. The molecule has 166 valence electrons. The summed E-state index contributed by atoms with van der Waals surface area (Å²) >= 11 is 6.16. The number of carbonyl (C=O) groups is 2. The fraction of sp³-hybridized carbons (Fsp3) is 0.115. The Bertz CT molecular complexity index is 1300. The van der Waals surface area contributed by atoms with Gasteiger partial charge in [0, 0.05) is 16.1 Å². The monoisotopic (exact) mass is 460 g/mol. The Hall–Kier alpha value is -3.90. The van der Waals surface area contributed by atoms with Gasteiger partial charge >= 0.3 is 0 Å². The number of amides is 1. The van der Waals surface area contributed by atoms with Crippen molar-refractivity contribution in [2.45, 2.75) is 20.3 Å². The number of anilines is 1. The van der Waals surface area contributed by atoms with Crippen molar-refractivity contribution in [3.8, 4) is 11.5 Å². The number of benzene rings is 3. The van der Waals surface area contributed by atoms with E-state index < -0.39 is 0 Å². The Balaban J connectivity index is 1.55. The van der Waals surface area contributed by atoms with Crippen LogP contribution in [0.25, 0.3) is 0 Å². The molecule has 0 unspecified atom stereocenters. The third-order valence-electron chi connectivity index (χ3n) is 5.07. The summed E-state index contributed by atoms with van der Waals surface area (Å²) in [5, 5.41) is 7.21. The van der Waals surface area contributed by atoms with Crippen LogP contribution in [-0.4, -0.2) is 16.8 Å². The van der Waals surface area contributed by atoms with E-state index in [0.717, 1.165) is 0 Å². The first-order valence-electron chi connectivity index (χ1n) is 10.4. The van der Waals surface area contributed by atoms with Crippen LogP contribution in [0, 0.1) is 6.92 Å². The Labute approximate surface area is 196 Å².